The first-order valence-electron chi connectivity index (χ1n) is 12.3. The van der Waals surface area contributed by atoms with Gasteiger partial charge < -0.3 is 14.4 Å². The van der Waals surface area contributed by atoms with E-state index >= 15 is 4.39 Å². The molecule has 0 atom stereocenters. The average molecular weight is 510 g/mol. The fourth-order valence-electron chi connectivity index (χ4n) is 4.34. The molecule has 4 amide bonds. The number of imide groups is 1. The summed E-state index contributed by atoms with van der Waals surface area (Å²) in [6.45, 7) is 6.51. The monoisotopic (exact) mass is 509 g/mol. The maximum absolute atomic E-state index is 15.2. The summed E-state index contributed by atoms with van der Waals surface area (Å²) in [6, 6.07) is 11.3. The molecule has 2 aliphatic rings. The maximum Gasteiger partial charge on any atom is 0.410 e. The van der Waals surface area contributed by atoms with Gasteiger partial charge in [-0.2, -0.15) is 0 Å². The van der Waals surface area contributed by atoms with Crippen LogP contribution in [0.1, 0.15) is 44.7 Å². The second kappa shape index (κ2) is 10.6. The van der Waals surface area contributed by atoms with Crippen LogP contribution < -0.4 is 9.64 Å². The predicted octanol–water partition coefficient (Wildman–Crippen LogP) is 5.22. The van der Waals surface area contributed by atoms with E-state index in [4.69, 9.17) is 9.47 Å². The smallest absolute Gasteiger partial charge is 0.410 e. The molecule has 0 bridgehead atoms. The van der Waals surface area contributed by atoms with Crippen molar-refractivity contribution in [2.75, 3.05) is 31.6 Å². The third-order valence-corrected chi connectivity index (χ3v) is 6.28. The molecule has 8 nitrogen and oxygen atoms in total. The zero-order valence-electron chi connectivity index (χ0n) is 21.6. The fraction of sp³-hybridized carbons (Fsp3) is 0.393. The Morgan fingerprint density at radius 2 is 1.76 bits per heavy atom. The van der Waals surface area contributed by atoms with E-state index in [0.29, 0.717) is 36.5 Å². The van der Waals surface area contributed by atoms with Crippen LogP contribution in [0.3, 0.4) is 0 Å². The van der Waals surface area contributed by atoms with Gasteiger partial charge in [-0.05, 0) is 68.7 Å². The molecular formula is C28H32FN3O5. The zero-order valence-corrected chi connectivity index (χ0v) is 21.6. The normalized spacial score (nSPS) is 16.6. The van der Waals surface area contributed by atoms with Gasteiger partial charge in [0.05, 0.1) is 13.7 Å². The van der Waals surface area contributed by atoms with Gasteiger partial charge in [-0.1, -0.05) is 18.2 Å². The van der Waals surface area contributed by atoms with Crippen molar-refractivity contribution in [3.05, 3.63) is 65.5 Å². The number of carbonyl (C=O) groups is 3. The van der Waals surface area contributed by atoms with Gasteiger partial charge in [-0.3, -0.25) is 14.6 Å². The van der Waals surface area contributed by atoms with Gasteiger partial charge in [0.15, 0.2) is 0 Å². The first-order valence-corrected chi connectivity index (χ1v) is 12.3. The number of amides is 4. The Morgan fingerprint density at radius 3 is 2.35 bits per heavy atom. The number of benzene rings is 2. The number of ether oxygens (including phenoxy) is 2. The third kappa shape index (κ3) is 6.10. The topological polar surface area (TPSA) is 79.4 Å². The van der Waals surface area contributed by atoms with Crippen LogP contribution in [0.5, 0.6) is 5.75 Å². The largest absolute Gasteiger partial charge is 0.497 e. The lowest BCUT2D eigenvalue weighted by atomic mass is 9.98. The summed E-state index contributed by atoms with van der Waals surface area (Å²) in [5.41, 5.74) is 1.83. The van der Waals surface area contributed by atoms with Crippen LogP contribution in [0, 0.1) is 5.82 Å². The Bertz CT molecular complexity index is 1220. The van der Waals surface area contributed by atoms with Crippen molar-refractivity contribution in [3.8, 4) is 5.75 Å². The lowest BCUT2D eigenvalue weighted by molar-refractivity contribution is -0.129. The zero-order chi connectivity index (χ0) is 26.7. The quantitative estimate of drug-likeness (QED) is 0.552. The molecule has 0 unspecified atom stereocenters. The van der Waals surface area contributed by atoms with Gasteiger partial charge in [0.2, 0.25) is 5.91 Å². The average Bonchev–Trinajstić information content (AvgIpc) is 2.86. The van der Waals surface area contributed by atoms with Crippen LogP contribution in [0.4, 0.5) is 19.7 Å². The number of rotatable bonds is 5. The first kappa shape index (κ1) is 26.2. The van der Waals surface area contributed by atoms with Crippen LogP contribution in [-0.2, 0) is 16.1 Å². The van der Waals surface area contributed by atoms with Crippen molar-refractivity contribution in [2.24, 2.45) is 0 Å². The molecule has 196 valence electrons. The predicted molar refractivity (Wildman–Crippen MR) is 138 cm³/mol. The lowest BCUT2D eigenvalue weighted by Crippen LogP contribution is -2.52. The molecule has 37 heavy (non-hydrogen) atoms. The highest BCUT2D eigenvalue weighted by Crippen LogP contribution is 2.30. The summed E-state index contributed by atoms with van der Waals surface area (Å²) in [6.07, 6.45) is 2.07. The standard InChI is InChI=1S/C28H32FN3O5/c1-28(2,3)37-27(35)30-14-11-20(12-15-30)23-10-7-21(17-24(23)29)31-16-13-25(33)32(26(31)34)18-19-5-8-22(36-4)9-6-19/h5-11,17H,12-16,18H2,1-4H3. The van der Waals surface area contributed by atoms with Crippen molar-refractivity contribution in [3.63, 3.8) is 0 Å². The van der Waals surface area contributed by atoms with Gasteiger partial charge in [0, 0.05) is 37.3 Å². The Balaban J connectivity index is 1.46. The molecule has 1 saturated heterocycles. The van der Waals surface area contributed by atoms with Gasteiger partial charge in [0.1, 0.15) is 17.2 Å². The maximum atomic E-state index is 15.2. The van der Waals surface area contributed by atoms with Crippen molar-refractivity contribution >= 4 is 29.3 Å². The van der Waals surface area contributed by atoms with Crippen molar-refractivity contribution < 1.29 is 28.2 Å². The second-order valence-corrected chi connectivity index (χ2v) is 10.1. The Kier molecular flexibility index (Phi) is 7.52. The molecule has 2 aromatic carbocycles. The molecule has 1 fully saturated rings. The highest BCUT2D eigenvalue weighted by atomic mass is 19.1. The highest BCUT2D eigenvalue weighted by Gasteiger charge is 2.33. The molecule has 2 aliphatic heterocycles. The molecule has 0 saturated carbocycles. The summed E-state index contributed by atoms with van der Waals surface area (Å²) in [7, 11) is 1.57. The van der Waals surface area contributed by atoms with E-state index in [1.54, 1.807) is 48.4 Å². The Morgan fingerprint density at radius 1 is 1.03 bits per heavy atom. The van der Waals surface area contributed by atoms with Crippen LogP contribution >= 0.6 is 0 Å². The minimum absolute atomic E-state index is 0.125. The van der Waals surface area contributed by atoms with Crippen molar-refractivity contribution in [1.29, 1.82) is 0 Å². The summed E-state index contributed by atoms with van der Waals surface area (Å²) < 4.78 is 25.8. The minimum Gasteiger partial charge on any atom is -0.497 e. The van der Waals surface area contributed by atoms with Gasteiger partial charge in [-0.25, -0.2) is 14.0 Å². The number of anilines is 1. The number of hydrogen-bond acceptors (Lipinski definition) is 5. The van der Waals surface area contributed by atoms with E-state index in [1.165, 1.54) is 15.9 Å². The van der Waals surface area contributed by atoms with E-state index in [2.05, 4.69) is 0 Å². The molecule has 2 heterocycles. The molecule has 0 aromatic heterocycles. The van der Waals surface area contributed by atoms with E-state index in [-0.39, 0.29) is 25.4 Å². The molecule has 0 radical (unpaired) electrons. The lowest BCUT2D eigenvalue weighted by Gasteiger charge is -2.34. The molecular weight excluding hydrogens is 477 g/mol. The number of carbonyl (C=O) groups excluding carboxylic acids is 3. The van der Waals surface area contributed by atoms with Gasteiger partial charge in [0.25, 0.3) is 0 Å². The van der Waals surface area contributed by atoms with E-state index in [0.717, 1.165) is 11.1 Å². The Labute approximate surface area is 216 Å². The van der Waals surface area contributed by atoms with Crippen LogP contribution in [0.25, 0.3) is 5.57 Å². The number of methoxy groups -OCH3 is 1. The number of halogens is 1. The third-order valence-electron chi connectivity index (χ3n) is 6.28. The highest BCUT2D eigenvalue weighted by molar-refractivity contribution is 6.05. The minimum atomic E-state index is -0.580. The molecule has 2 aromatic rings. The number of nitrogens with zero attached hydrogens (tertiary/aromatic N) is 3. The van der Waals surface area contributed by atoms with Gasteiger partial charge in [-0.15, -0.1) is 0 Å². The van der Waals surface area contributed by atoms with Crippen LogP contribution in [-0.4, -0.2) is 60.2 Å². The molecule has 0 aliphatic carbocycles. The van der Waals surface area contributed by atoms with E-state index in [1.807, 2.05) is 26.8 Å². The van der Waals surface area contributed by atoms with E-state index in [9.17, 15) is 14.4 Å². The summed E-state index contributed by atoms with van der Waals surface area (Å²) in [5, 5.41) is 0. The number of hydrogen-bond donors (Lipinski definition) is 0. The van der Waals surface area contributed by atoms with Crippen molar-refractivity contribution in [2.45, 2.75) is 45.8 Å². The molecule has 4 rings (SSSR count). The van der Waals surface area contributed by atoms with Crippen molar-refractivity contribution in [1.82, 2.24) is 9.80 Å². The van der Waals surface area contributed by atoms with E-state index < -0.39 is 23.5 Å². The molecule has 0 spiro atoms. The summed E-state index contributed by atoms with van der Waals surface area (Å²) in [5.74, 6) is -0.0418. The molecule has 0 N–H and O–H groups in total. The first-order chi connectivity index (χ1) is 17.6. The van der Waals surface area contributed by atoms with Gasteiger partial charge >= 0.3 is 12.1 Å². The Hall–Kier alpha value is -3.88. The second-order valence-electron chi connectivity index (χ2n) is 10.1. The fourth-order valence-corrected chi connectivity index (χ4v) is 4.34. The van der Waals surface area contributed by atoms with Crippen LogP contribution in [0.15, 0.2) is 48.5 Å². The SMILES string of the molecule is COc1ccc(CN2C(=O)CCN(c3ccc(C4=CCN(C(=O)OC(C)(C)C)CC4)c(F)c3)C2=O)cc1. The number of urea groups is 1. The summed E-state index contributed by atoms with van der Waals surface area (Å²) in [4.78, 5) is 42.2. The molecule has 9 heteroatoms. The van der Waals surface area contributed by atoms with Crippen LogP contribution in [0.2, 0.25) is 0 Å². The summed E-state index contributed by atoms with van der Waals surface area (Å²) >= 11 is 0.